The molecule has 1 amide bonds. The topological polar surface area (TPSA) is 84.6 Å². The highest BCUT2D eigenvalue weighted by Crippen LogP contribution is 2.20. The molecule has 0 bridgehead atoms. The zero-order valence-corrected chi connectivity index (χ0v) is 12.9. The lowest BCUT2D eigenvalue weighted by atomic mass is 10.1. The van der Waals surface area contributed by atoms with Crippen molar-refractivity contribution in [2.45, 2.75) is 19.9 Å². The van der Waals surface area contributed by atoms with Gasteiger partial charge in [0.2, 0.25) is 11.1 Å². The van der Waals surface area contributed by atoms with Gasteiger partial charge >= 0.3 is 0 Å². The minimum Gasteiger partial charge on any atom is -0.491 e. The van der Waals surface area contributed by atoms with Crippen LogP contribution >= 0.6 is 11.6 Å². The standard InChI is InChI=1S/C15H17ClN2O4/c1-10-12(15(16)22-18-10)8-14(20)17-9-11-4-2-3-5-13(11)21-7-6-19/h2-5,19H,6-9H2,1H3,(H,17,20). The number of rotatable bonds is 7. The Morgan fingerprint density at radius 3 is 2.91 bits per heavy atom. The first-order valence-electron chi connectivity index (χ1n) is 6.80. The summed E-state index contributed by atoms with van der Waals surface area (Å²) in [5.41, 5.74) is 2.02. The first-order chi connectivity index (χ1) is 10.6. The summed E-state index contributed by atoms with van der Waals surface area (Å²) in [4.78, 5) is 12.0. The third kappa shape index (κ3) is 4.22. The number of hydrogen-bond acceptors (Lipinski definition) is 5. The number of aliphatic hydroxyl groups is 1. The average Bonchev–Trinajstić information content (AvgIpc) is 2.83. The van der Waals surface area contributed by atoms with E-state index >= 15 is 0 Å². The summed E-state index contributed by atoms with van der Waals surface area (Å²) in [6.07, 6.45) is 0.105. The van der Waals surface area contributed by atoms with Gasteiger partial charge in [-0.3, -0.25) is 4.79 Å². The molecule has 0 aliphatic rings. The Bertz CT molecular complexity index is 623. The number of hydrogen-bond donors (Lipinski definition) is 2. The van der Waals surface area contributed by atoms with E-state index in [0.717, 1.165) is 5.56 Å². The van der Waals surface area contributed by atoms with Crippen LogP contribution < -0.4 is 10.1 Å². The predicted octanol–water partition coefficient (Wildman–Crippen LogP) is 1.87. The maximum atomic E-state index is 12.0. The van der Waals surface area contributed by atoms with Crippen LogP contribution in [0.1, 0.15) is 16.8 Å². The molecule has 118 valence electrons. The van der Waals surface area contributed by atoms with Gasteiger partial charge in [0.15, 0.2) is 0 Å². The first-order valence-corrected chi connectivity index (χ1v) is 7.18. The number of aliphatic hydroxyl groups excluding tert-OH is 1. The molecule has 0 fully saturated rings. The molecule has 1 aromatic heterocycles. The summed E-state index contributed by atoms with van der Waals surface area (Å²) in [6, 6.07) is 7.33. The molecule has 22 heavy (non-hydrogen) atoms. The Kier molecular flexibility index (Phi) is 5.80. The van der Waals surface area contributed by atoms with E-state index in [0.29, 0.717) is 23.6 Å². The summed E-state index contributed by atoms with van der Waals surface area (Å²) >= 11 is 5.84. The van der Waals surface area contributed by atoms with E-state index in [9.17, 15) is 4.79 Å². The van der Waals surface area contributed by atoms with E-state index in [1.807, 2.05) is 18.2 Å². The quantitative estimate of drug-likeness (QED) is 0.812. The van der Waals surface area contributed by atoms with Crippen molar-refractivity contribution in [1.82, 2.24) is 10.5 Å². The number of carbonyl (C=O) groups is 1. The minimum absolute atomic E-state index is 0.0635. The first kappa shape index (κ1) is 16.3. The molecule has 2 aromatic rings. The van der Waals surface area contributed by atoms with E-state index in [-0.39, 0.29) is 30.8 Å². The number of amides is 1. The number of para-hydroxylation sites is 1. The lowest BCUT2D eigenvalue weighted by molar-refractivity contribution is -0.120. The van der Waals surface area contributed by atoms with E-state index in [4.69, 9.17) is 26.0 Å². The van der Waals surface area contributed by atoms with Gasteiger partial charge in [-0.05, 0) is 24.6 Å². The van der Waals surface area contributed by atoms with Crippen molar-refractivity contribution in [1.29, 1.82) is 0 Å². The highest BCUT2D eigenvalue weighted by molar-refractivity contribution is 6.29. The van der Waals surface area contributed by atoms with Gasteiger partial charge < -0.3 is 19.7 Å². The Hall–Kier alpha value is -2.05. The SMILES string of the molecule is Cc1noc(Cl)c1CC(=O)NCc1ccccc1OCCO. The number of benzene rings is 1. The van der Waals surface area contributed by atoms with Crippen LogP contribution in [0.4, 0.5) is 0 Å². The molecule has 1 heterocycles. The van der Waals surface area contributed by atoms with Gasteiger partial charge in [-0.15, -0.1) is 0 Å². The number of carbonyl (C=O) groups excluding carboxylic acids is 1. The van der Waals surface area contributed by atoms with Gasteiger partial charge in [0.05, 0.1) is 18.7 Å². The molecule has 0 spiro atoms. The molecule has 0 saturated carbocycles. The van der Waals surface area contributed by atoms with Crippen molar-refractivity contribution in [3.8, 4) is 5.75 Å². The summed E-state index contributed by atoms with van der Waals surface area (Å²) in [7, 11) is 0. The number of nitrogens with zero attached hydrogens (tertiary/aromatic N) is 1. The predicted molar refractivity (Wildman–Crippen MR) is 80.8 cm³/mol. The number of nitrogens with one attached hydrogen (secondary N) is 1. The van der Waals surface area contributed by atoms with Gasteiger partial charge in [0.1, 0.15) is 12.4 Å². The van der Waals surface area contributed by atoms with Gasteiger partial charge in [0, 0.05) is 17.7 Å². The maximum Gasteiger partial charge on any atom is 0.229 e. The Morgan fingerprint density at radius 2 is 2.23 bits per heavy atom. The Balaban J connectivity index is 1.94. The second-order valence-electron chi connectivity index (χ2n) is 4.65. The van der Waals surface area contributed by atoms with Crippen molar-refractivity contribution >= 4 is 17.5 Å². The number of halogens is 1. The van der Waals surface area contributed by atoms with Crippen LogP contribution in [0, 0.1) is 6.92 Å². The Labute approximate surface area is 133 Å². The highest BCUT2D eigenvalue weighted by atomic mass is 35.5. The lowest BCUT2D eigenvalue weighted by Crippen LogP contribution is -2.25. The molecule has 0 radical (unpaired) electrons. The molecule has 0 aliphatic carbocycles. The van der Waals surface area contributed by atoms with E-state index in [2.05, 4.69) is 10.5 Å². The van der Waals surface area contributed by atoms with Crippen molar-refractivity contribution in [2.75, 3.05) is 13.2 Å². The van der Waals surface area contributed by atoms with E-state index < -0.39 is 0 Å². The smallest absolute Gasteiger partial charge is 0.229 e. The van der Waals surface area contributed by atoms with Crippen molar-refractivity contribution in [2.24, 2.45) is 0 Å². The number of ether oxygens (including phenoxy) is 1. The normalized spacial score (nSPS) is 10.5. The number of aromatic nitrogens is 1. The van der Waals surface area contributed by atoms with Gasteiger partial charge in [-0.1, -0.05) is 23.4 Å². The average molecular weight is 325 g/mol. The van der Waals surface area contributed by atoms with Gasteiger partial charge in [0.25, 0.3) is 0 Å². The van der Waals surface area contributed by atoms with Crippen LogP contribution in [0.2, 0.25) is 5.22 Å². The van der Waals surface area contributed by atoms with Crippen molar-refractivity contribution < 1.29 is 19.2 Å². The van der Waals surface area contributed by atoms with E-state index in [1.165, 1.54) is 0 Å². The van der Waals surface area contributed by atoms with Crippen LogP contribution in [0.25, 0.3) is 0 Å². The lowest BCUT2D eigenvalue weighted by Gasteiger charge is -2.11. The molecule has 7 heteroatoms. The third-order valence-electron chi connectivity index (χ3n) is 3.07. The zero-order valence-electron chi connectivity index (χ0n) is 12.1. The zero-order chi connectivity index (χ0) is 15.9. The summed E-state index contributed by atoms with van der Waals surface area (Å²) in [6.45, 7) is 2.20. The summed E-state index contributed by atoms with van der Waals surface area (Å²) < 4.78 is 10.2. The van der Waals surface area contributed by atoms with Crippen molar-refractivity contribution in [3.63, 3.8) is 0 Å². The number of aryl methyl sites for hydroxylation is 1. The molecule has 2 rings (SSSR count). The van der Waals surface area contributed by atoms with Gasteiger partial charge in [-0.25, -0.2) is 0 Å². The van der Waals surface area contributed by atoms with E-state index in [1.54, 1.807) is 13.0 Å². The molecule has 6 nitrogen and oxygen atoms in total. The summed E-state index contributed by atoms with van der Waals surface area (Å²) in [5.74, 6) is 0.446. The molecule has 0 atom stereocenters. The minimum atomic E-state index is -0.190. The van der Waals surface area contributed by atoms with Crippen LogP contribution in [0.3, 0.4) is 0 Å². The molecular weight excluding hydrogens is 308 g/mol. The van der Waals surface area contributed by atoms with Crippen LogP contribution in [-0.2, 0) is 17.8 Å². The highest BCUT2D eigenvalue weighted by Gasteiger charge is 2.15. The second kappa shape index (κ2) is 7.82. The fourth-order valence-corrected chi connectivity index (χ4v) is 2.16. The van der Waals surface area contributed by atoms with Crippen molar-refractivity contribution in [3.05, 3.63) is 46.3 Å². The molecule has 0 aliphatic heterocycles. The fourth-order valence-electron chi connectivity index (χ4n) is 1.92. The van der Waals surface area contributed by atoms with Crippen LogP contribution in [-0.4, -0.2) is 29.4 Å². The third-order valence-corrected chi connectivity index (χ3v) is 3.37. The van der Waals surface area contributed by atoms with Crippen LogP contribution in [0.15, 0.2) is 28.8 Å². The molecule has 0 saturated heterocycles. The largest absolute Gasteiger partial charge is 0.491 e. The maximum absolute atomic E-state index is 12.0. The fraction of sp³-hybridized carbons (Fsp3) is 0.333. The van der Waals surface area contributed by atoms with Gasteiger partial charge in [-0.2, -0.15) is 0 Å². The second-order valence-corrected chi connectivity index (χ2v) is 5.00. The monoisotopic (exact) mass is 324 g/mol. The van der Waals surface area contributed by atoms with Crippen LogP contribution in [0.5, 0.6) is 5.75 Å². The summed E-state index contributed by atoms with van der Waals surface area (Å²) in [5, 5.41) is 15.5. The molecule has 2 N–H and O–H groups in total. The molecular formula is C15H17ClN2O4. The molecule has 0 unspecified atom stereocenters. The molecule has 1 aromatic carbocycles. The Morgan fingerprint density at radius 1 is 1.45 bits per heavy atom.